The molecule has 1 aromatic carbocycles. The smallest absolute Gasteiger partial charge is 0.343 e. The third-order valence-corrected chi connectivity index (χ3v) is 5.50. The molecule has 2 heterocycles. The number of aromatic nitrogens is 2. The molecule has 1 N–H and O–H groups in total. The summed E-state index contributed by atoms with van der Waals surface area (Å²) >= 11 is 0. The van der Waals surface area contributed by atoms with Crippen LogP contribution in [0.5, 0.6) is 0 Å². The third kappa shape index (κ3) is 4.95. The van der Waals surface area contributed by atoms with Gasteiger partial charge in [0.25, 0.3) is 5.91 Å². The molecule has 176 valence electrons. The number of nitrogens with zero attached hydrogens (tertiary/aromatic N) is 2. The molecule has 1 aliphatic rings. The van der Waals surface area contributed by atoms with Crippen molar-refractivity contribution < 1.29 is 31.1 Å². The van der Waals surface area contributed by atoms with Crippen LogP contribution < -0.4 is 5.32 Å². The maximum absolute atomic E-state index is 13.7. The van der Waals surface area contributed by atoms with Crippen molar-refractivity contribution in [1.29, 1.82) is 0 Å². The fourth-order valence-corrected chi connectivity index (χ4v) is 3.86. The first-order valence-electron chi connectivity index (χ1n) is 10.2. The number of benzene rings is 1. The van der Waals surface area contributed by atoms with E-state index in [9.17, 15) is 31.1 Å². The third-order valence-electron chi connectivity index (χ3n) is 5.50. The number of hydrogen-bond donors (Lipinski definition) is 1. The lowest BCUT2D eigenvalue weighted by molar-refractivity contribution is -0.139. The van der Waals surface area contributed by atoms with Crippen molar-refractivity contribution in [2.75, 3.05) is 0 Å². The number of fused-ring (bicyclic) bond motifs is 1. The van der Waals surface area contributed by atoms with Gasteiger partial charge in [-0.15, -0.1) is 0 Å². The molecule has 0 aliphatic heterocycles. The van der Waals surface area contributed by atoms with Crippen LogP contribution in [0.1, 0.15) is 34.1 Å². The summed E-state index contributed by atoms with van der Waals surface area (Å²) in [6.07, 6.45) is -4.11. The maximum Gasteiger partial charge on any atom is 0.418 e. The molecule has 1 amide bonds. The molecule has 1 unspecified atom stereocenters. The monoisotopic (exact) mass is 477 g/mol. The fourth-order valence-electron chi connectivity index (χ4n) is 3.86. The van der Waals surface area contributed by atoms with E-state index in [1.807, 2.05) is 0 Å². The van der Waals surface area contributed by atoms with Crippen LogP contribution in [0.2, 0.25) is 0 Å². The van der Waals surface area contributed by atoms with Gasteiger partial charge in [-0.25, -0.2) is 0 Å². The second kappa shape index (κ2) is 8.92. The van der Waals surface area contributed by atoms with Crippen LogP contribution in [0.15, 0.2) is 78.7 Å². The van der Waals surface area contributed by atoms with E-state index in [-0.39, 0.29) is 5.56 Å². The Bertz CT molecular complexity index is 1280. The van der Waals surface area contributed by atoms with Crippen molar-refractivity contribution in [3.8, 4) is 0 Å². The Hall–Kier alpha value is -3.69. The second-order valence-electron chi connectivity index (χ2n) is 7.74. The standard InChI is InChI=1S/C24H17F6N3O/c25-23(26,27)17-6-1-4-15(12-17)20(21-18(24(28,29)30)7-3-11-32-21)33-22(34)16-9-8-14-5-2-10-31-19(14)13-16/h1-11,13,15,20H,12H2,(H,33,34)/t15?,20-/m0/s1. The minimum Gasteiger partial charge on any atom is -0.343 e. The lowest BCUT2D eigenvalue weighted by Crippen LogP contribution is -2.36. The topological polar surface area (TPSA) is 54.9 Å². The molecule has 0 bridgehead atoms. The summed E-state index contributed by atoms with van der Waals surface area (Å²) < 4.78 is 81.1. The molecule has 3 aromatic rings. The van der Waals surface area contributed by atoms with E-state index in [2.05, 4.69) is 15.3 Å². The van der Waals surface area contributed by atoms with E-state index in [1.54, 1.807) is 18.2 Å². The van der Waals surface area contributed by atoms with Crippen LogP contribution in [-0.4, -0.2) is 22.1 Å². The van der Waals surface area contributed by atoms with Gasteiger partial charge in [-0.05, 0) is 36.8 Å². The lowest BCUT2D eigenvalue weighted by atomic mass is 9.84. The SMILES string of the molecule is O=C(N[C@H](c1ncccc1C(F)(F)F)C1C=CC=C(C(F)(F)F)C1)c1ccc2cccnc2c1. The van der Waals surface area contributed by atoms with E-state index in [1.165, 1.54) is 24.4 Å². The van der Waals surface area contributed by atoms with E-state index < -0.39 is 53.5 Å². The normalized spacial score (nSPS) is 17.4. The van der Waals surface area contributed by atoms with Gasteiger partial charge in [0.1, 0.15) is 0 Å². The van der Waals surface area contributed by atoms with Gasteiger partial charge in [-0.2, -0.15) is 26.3 Å². The summed E-state index contributed by atoms with van der Waals surface area (Å²) in [6.45, 7) is 0. The number of hydrogen-bond acceptors (Lipinski definition) is 3. The Morgan fingerprint density at radius 2 is 1.71 bits per heavy atom. The van der Waals surface area contributed by atoms with Crippen LogP contribution in [-0.2, 0) is 6.18 Å². The van der Waals surface area contributed by atoms with E-state index >= 15 is 0 Å². The molecular formula is C24H17F6N3O. The highest BCUT2D eigenvalue weighted by Gasteiger charge is 2.41. The predicted molar refractivity (Wildman–Crippen MR) is 113 cm³/mol. The van der Waals surface area contributed by atoms with Crippen molar-refractivity contribution in [3.63, 3.8) is 0 Å². The molecule has 1 aliphatic carbocycles. The molecule has 4 nitrogen and oxygen atoms in total. The Morgan fingerprint density at radius 3 is 2.44 bits per heavy atom. The highest BCUT2D eigenvalue weighted by molar-refractivity contribution is 5.98. The van der Waals surface area contributed by atoms with E-state index in [4.69, 9.17) is 0 Å². The number of nitrogens with one attached hydrogen (secondary N) is 1. The number of amides is 1. The number of pyridine rings is 2. The molecule has 0 saturated carbocycles. The zero-order chi connectivity index (χ0) is 24.5. The van der Waals surface area contributed by atoms with Crippen LogP contribution in [0, 0.1) is 5.92 Å². The Labute approximate surface area is 190 Å². The molecule has 0 spiro atoms. The average molecular weight is 477 g/mol. The average Bonchev–Trinajstić information content (AvgIpc) is 2.81. The Balaban J connectivity index is 1.73. The van der Waals surface area contributed by atoms with Crippen LogP contribution in [0.25, 0.3) is 10.9 Å². The van der Waals surface area contributed by atoms with Gasteiger partial charge >= 0.3 is 12.4 Å². The molecule has 34 heavy (non-hydrogen) atoms. The van der Waals surface area contributed by atoms with Gasteiger partial charge < -0.3 is 5.32 Å². The molecule has 0 saturated heterocycles. The van der Waals surface area contributed by atoms with Gasteiger partial charge in [0.15, 0.2) is 0 Å². The second-order valence-corrected chi connectivity index (χ2v) is 7.74. The largest absolute Gasteiger partial charge is 0.418 e. The van der Waals surface area contributed by atoms with Crippen molar-refractivity contribution in [2.45, 2.75) is 24.8 Å². The minimum atomic E-state index is -4.82. The number of carbonyl (C=O) groups is 1. The van der Waals surface area contributed by atoms with Gasteiger partial charge in [0.2, 0.25) is 0 Å². The van der Waals surface area contributed by atoms with Crippen molar-refractivity contribution in [2.24, 2.45) is 5.92 Å². The zero-order valence-corrected chi connectivity index (χ0v) is 17.4. The highest BCUT2D eigenvalue weighted by atomic mass is 19.4. The quantitative estimate of drug-likeness (QED) is 0.457. The molecule has 2 atom stereocenters. The molecule has 4 rings (SSSR count). The number of rotatable bonds is 4. The van der Waals surface area contributed by atoms with Gasteiger partial charge in [-0.1, -0.05) is 30.4 Å². The van der Waals surface area contributed by atoms with Crippen molar-refractivity contribution in [3.05, 3.63) is 95.5 Å². The highest BCUT2D eigenvalue weighted by Crippen LogP contribution is 2.41. The van der Waals surface area contributed by atoms with Crippen molar-refractivity contribution >= 4 is 16.8 Å². The molecule has 2 aromatic heterocycles. The predicted octanol–water partition coefficient (Wildman–Crippen LogP) is 6.18. The number of allylic oxidation sites excluding steroid dienone is 3. The summed E-state index contributed by atoms with van der Waals surface area (Å²) in [4.78, 5) is 21.0. The lowest BCUT2D eigenvalue weighted by Gasteiger charge is -2.30. The van der Waals surface area contributed by atoms with Crippen LogP contribution >= 0.6 is 0 Å². The van der Waals surface area contributed by atoms with Crippen molar-refractivity contribution in [1.82, 2.24) is 15.3 Å². The minimum absolute atomic E-state index is 0.104. The zero-order valence-electron chi connectivity index (χ0n) is 17.4. The molecule has 0 radical (unpaired) electrons. The maximum atomic E-state index is 13.7. The first-order valence-corrected chi connectivity index (χ1v) is 10.2. The van der Waals surface area contributed by atoms with Gasteiger partial charge in [0, 0.05) is 34.8 Å². The van der Waals surface area contributed by atoms with E-state index in [0.717, 1.165) is 35.9 Å². The summed E-state index contributed by atoms with van der Waals surface area (Å²) in [6, 6.07) is 8.44. The molecule has 10 heteroatoms. The summed E-state index contributed by atoms with van der Waals surface area (Å²) in [7, 11) is 0. The molecular weight excluding hydrogens is 460 g/mol. The first-order chi connectivity index (χ1) is 16.0. The fraction of sp³-hybridized carbons (Fsp3) is 0.208. The number of carbonyl (C=O) groups excluding carboxylic acids is 1. The summed E-state index contributed by atoms with van der Waals surface area (Å²) in [5, 5.41) is 3.24. The molecule has 0 fully saturated rings. The summed E-state index contributed by atoms with van der Waals surface area (Å²) in [5.74, 6) is -1.87. The van der Waals surface area contributed by atoms with Gasteiger partial charge in [-0.3, -0.25) is 14.8 Å². The Kier molecular flexibility index (Phi) is 6.16. The van der Waals surface area contributed by atoms with E-state index in [0.29, 0.717) is 5.52 Å². The number of alkyl halides is 6. The van der Waals surface area contributed by atoms with Crippen LogP contribution in [0.3, 0.4) is 0 Å². The first kappa shape index (κ1) is 23.5. The summed E-state index contributed by atoms with van der Waals surface area (Å²) in [5.41, 5.74) is -2.00. The number of halogens is 6. The Morgan fingerprint density at radius 1 is 0.971 bits per heavy atom. The van der Waals surface area contributed by atoms with Crippen LogP contribution in [0.4, 0.5) is 26.3 Å². The van der Waals surface area contributed by atoms with Gasteiger partial charge in [0.05, 0.1) is 22.8 Å².